The molecule has 0 bridgehead atoms. The fraction of sp³-hybridized carbons (Fsp3) is 0.800. The SMILES string of the molecule is CNC(=O)CCN.CS(=O)(=O)OCl. The smallest absolute Gasteiger partial charge is 0.280 e. The molecule has 0 aliphatic heterocycles. The molecule has 0 aromatic heterocycles. The molecule has 6 nitrogen and oxygen atoms in total. The Bertz CT molecular complexity index is 229. The predicted octanol–water partition coefficient (Wildman–Crippen LogP) is -0.802. The number of amides is 1. The molecule has 8 heteroatoms. The zero-order valence-electron chi connectivity index (χ0n) is 7.41. The summed E-state index contributed by atoms with van der Waals surface area (Å²) in [4.78, 5) is 10.2. The molecule has 0 saturated heterocycles. The Morgan fingerprint density at radius 1 is 1.62 bits per heavy atom. The van der Waals surface area contributed by atoms with E-state index in [1.54, 1.807) is 7.05 Å². The molecule has 0 aromatic carbocycles. The number of nitrogens with one attached hydrogen (secondary N) is 1. The van der Waals surface area contributed by atoms with Crippen molar-refractivity contribution in [1.82, 2.24) is 5.32 Å². The minimum absolute atomic E-state index is 0.00231. The Balaban J connectivity index is 0. The van der Waals surface area contributed by atoms with Crippen LogP contribution in [0, 0.1) is 0 Å². The van der Waals surface area contributed by atoms with Gasteiger partial charge in [-0.05, 0) is 0 Å². The molecule has 80 valence electrons. The van der Waals surface area contributed by atoms with Gasteiger partial charge in [0, 0.05) is 20.0 Å². The summed E-state index contributed by atoms with van der Waals surface area (Å²) in [6.45, 7) is 0.430. The summed E-state index contributed by atoms with van der Waals surface area (Å²) in [5, 5.41) is 2.45. The second-order valence-corrected chi connectivity index (χ2v) is 3.89. The molecule has 0 heterocycles. The van der Waals surface area contributed by atoms with E-state index in [-0.39, 0.29) is 5.91 Å². The summed E-state index contributed by atoms with van der Waals surface area (Å²) in [5.74, 6) is 0.00231. The van der Waals surface area contributed by atoms with Gasteiger partial charge in [-0.25, -0.2) is 0 Å². The zero-order valence-corrected chi connectivity index (χ0v) is 8.98. The van der Waals surface area contributed by atoms with Gasteiger partial charge in [-0.3, -0.25) is 4.79 Å². The second-order valence-electron chi connectivity index (χ2n) is 1.98. The van der Waals surface area contributed by atoms with Crippen LogP contribution >= 0.6 is 11.9 Å². The molecule has 13 heavy (non-hydrogen) atoms. The van der Waals surface area contributed by atoms with Gasteiger partial charge in [0.05, 0.1) is 18.1 Å². The van der Waals surface area contributed by atoms with Crippen LogP contribution in [0.15, 0.2) is 0 Å². The number of carbonyl (C=O) groups excluding carboxylic acids is 1. The van der Waals surface area contributed by atoms with Crippen LogP contribution in [0.2, 0.25) is 0 Å². The molecule has 0 aliphatic rings. The average Bonchev–Trinajstić information content (AvgIpc) is 2.05. The summed E-state index contributed by atoms with van der Waals surface area (Å²) in [5.41, 5.74) is 5.04. The standard InChI is InChI=1S/C4H10N2O.CH3ClO3S/c1-6-4(7)2-3-5;1-6(3,4)5-2/h2-3,5H2,1H3,(H,6,7);1H3. The average molecular weight is 233 g/mol. The second kappa shape index (κ2) is 8.24. The van der Waals surface area contributed by atoms with Crippen molar-refractivity contribution in [2.75, 3.05) is 19.8 Å². The van der Waals surface area contributed by atoms with E-state index in [0.29, 0.717) is 13.0 Å². The van der Waals surface area contributed by atoms with Crippen LogP contribution < -0.4 is 11.1 Å². The molecule has 0 radical (unpaired) electrons. The van der Waals surface area contributed by atoms with Crippen LogP contribution in [0.4, 0.5) is 0 Å². The number of hydrogen-bond acceptors (Lipinski definition) is 5. The molecule has 0 aromatic rings. The zero-order chi connectivity index (χ0) is 10.9. The van der Waals surface area contributed by atoms with E-state index in [4.69, 9.17) is 5.73 Å². The van der Waals surface area contributed by atoms with Crippen LogP contribution in [-0.2, 0) is 18.6 Å². The van der Waals surface area contributed by atoms with Crippen molar-refractivity contribution in [1.29, 1.82) is 0 Å². The monoisotopic (exact) mass is 232 g/mol. The maximum atomic E-state index is 10.2. The van der Waals surface area contributed by atoms with Crippen LogP contribution in [0.25, 0.3) is 0 Å². The summed E-state index contributed by atoms with van der Waals surface area (Å²) in [7, 11) is -1.80. The van der Waals surface area contributed by atoms with Crippen LogP contribution in [0.5, 0.6) is 0 Å². The van der Waals surface area contributed by atoms with Crippen molar-refractivity contribution in [2.24, 2.45) is 5.73 Å². The maximum Gasteiger partial charge on any atom is 0.280 e. The number of halogens is 1. The number of rotatable bonds is 3. The topological polar surface area (TPSA) is 98.5 Å². The quantitative estimate of drug-likeness (QED) is 0.664. The van der Waals surface area contributed by atoms with Crippen molar-refractivity contribution in [2.45, 2.75) is 6.42 Å². The van der Waals surface area contributed by atoms with Crippen LogP contribution in [-0.4, -0.2) is 34.2 Å². The largest absolute Gasteiger partial charge is 0.359 e. The van der Waals surface area contributed by atoms with Gasteiger partial charge in [0.1, 0.15) is 0 Å². The first-order valence-corrected chi connectivity index (χ1v) is 5.40. The summed E-state index contributed by atoms with van der Waals surface area (Å²) >= 11 is 4.39. The minimum atomic E-state index is -3.40. The van der Waals surface area contributed by atoms with Crippen molar-refractivity contribution < 1.29 is 16.9 Å². The summed E-state index contributed by atoms with van der Waals surface area (Å²) in [6, 6.07) is 0. The Kier molecular flexibility index (Phi) is 9.58. The van der Waals surface area contributed by atoms with Gasteiger partial charge in [-0.2, -0.15) is 12.2 Å². The Morgan fingerprint density at radius 2 is 2.00 bits per heavy atom. The molecule has 0 saturated carbocycles. The van der Waals surface area contributed by atoms with Gasteiger partial charge >= 0.3 is 0 Å². The first kappa shape index (κ1) is 15.1. The molecular formula is C5H13ClN2O4S. The van der Waals surface area contributed by atoms with E-state index < -0.39 is 10.1 Å². The van der Waals surface area contributed by atoms with Crippen LogP contribution in [0.1, 0.15) is 6.42 Å². The van der Waals surface area contributed by atoms with E-state index in [0.717, 1.165) is 6.26 Å². The van der Waals surface area contributed by atoms with E-state index in [2.05, 4.69) is 20.9 Å². The Labute approximate surface area is 82.7 Å². The van der Waals surface area contributed by atoms with E-state index in [9.17, 15) is 13.2 Å². The van der Waals surface area contributed by atoms with Crippen molar-refractivity contribution in [3.05, 3.63) is 0 Å². The van der Waals surface area contributed by atoms with Crippen molar-refractivity contribution >= 4 is 27.9 Å². The number of nitrogens with two attached hydrogens (primary N) is 1. The molecule has 0 fully saturated rings. The third kappa shape index (κ3) is 18.5. The fourth-order valence-electron chi connectivity index (χ4n) is 0.256. The predicted molar refractivity (Wildman–Crippen MR) is 49.5 cm³/mol. The van der Waals surface area contributed by atoms with Gasteiger partial charge in [0.2, 0.25) is 5.91 Å². The van der Waals surface area contributed by atoms with E-state index >= 15 is 0 Å². The van der Waals surface area contributed by atoms with Gasteiger partial charge in [0.15, 0.2) is 0 Å². The minimum Gasteiger partial charge on any atom is -0.359 e. The first-order valence-electron chi connectivity index (χ1n) is 3.28. The third-order valence-electron chi connectivity index (χ3n) is 0.765. The van der Waals surface area contributed by atoms with E-state index in [1.165, 1.54) is 0 Å². The lowest BCUT2D eigenvalue weighted by Crippen LogP contribution is -2.20. The summed E-state index contributed by atoms with van der Waals surface area (Å²) < 4.78 is 22.7. The first-order chi connectivity index (χ1) is 5.87. The molecular weight excluding hydrogens is 220 g/mol. The molecule has 0 unspecified atom stereocenters. The van der Waals surface area contributed by atoms with Crippen LogP contribution in [0.3, 0.4) is 0 Å². The highest BCUT2D eigenvalue weighted by Gasteiger charge is 1.93. The molecule has 3 N–H and O–H groups in total. The van der Waals surface area contributed by atoms with E-state index in [1.807, 2.05) is 0 Å². The normalized spacial score (nSPS) is 9.85. The van der Waals surface area contributed by atoms with Crippen molar-refractivity contribution in [3.8, 4) is 0 Å². The number of hydrogen-bond donors (Lipinski definition) is 2. The highest BCUT2D eigenvalue weighted by atomic mass is 35.5. The molecule has 0 rings (SSSR count). The van der Waals surface area contributed by atoms with Crippen molar-refractivity contribution in [3.63, 3.8) is 0 Å². The third-order valence-corrected chi connectivity index (χ3v) is 1.68. The highest BCUT2D eigenvalue weighted by molar-refractivity contribution is 7.86. The van der Waals surface area contributed by atoms with Gasteiger partial charge in [0.25, 0.3) is 10.1 Å². The lowest BCUT2D eigenvalue weighted by molar-refractivity contribution is -0.120. The Morgan fingerprint density at radius 3 is 2.08 bits per heavy atom. The van der Waals surface area contributed by atoms with Gasteiger partial charge < -0.3 is 11.1 Å². The summed E-state index contributed by atoms with van der Waals surface area (Å²) in [6.07, 6.45) is 1.29. The molecule has 1 amide bonds. The van der Waals surface area contributed by atoms with Gasteiger partial charge in [-0.1, -0.05) is 0 Å². The lowest BCUT2D eigenvalue weighted by atomic mass is 10.4. The molecule has 0 spiro atoms. The van der Waals surface area contributed by atoms with Gasteiger partial charge in [-0.15, -0.1) is 0 Å². The Hall–Kier alpha value is -0.370. The number of carbonyl (C=O) groups is 1. The highest BCUT2D eigenvalue weighted by Crippen LogP contribution is 1.87. The fourth-order valence-corrected chi connectivity index (χ4v) is 0.256. The molecule has 0 aliphatic carbocycles. The maximum absolute atomic E-state index is 10.2. The molecule has 0 atom stereocenters. The lowest BCUT2D eigenvalue weighted by Gasteiger charge is -1.91.